The highest BCUT2D eigenvalue weighted by Crippen LogP contribution is 2.12. The molecule has 0 aliphatic rings. The third-order valence-corrected chi connectivity index (χ3v) is 2.25. The van der Waals surface area contributed by atoms with Gasteiger partial charge in [0.25, 0.3) is 0 Å². The fourth-order valence-electron chi connectivity index (χ4n) is 0.756. The Morgan fingerprint density at radius 3 is 2.56 bits per heavy atom. The van der Waals surface area contributed by atoms with E-state index in [2.05, 4.69) is 22.9 Å². The Morgan fingerprint density at radius 1 is 1.44 bits per heavy atom. The molecule has 0 aliphatic carbocycles. The number of halogens is 2. The Morgan fingerprint density at radius 2 is 2.11 bits per heavy atom. The summed E-state index contributed by atoms with van der Waals surface area (Å²) in [5, 5.41) is 1.49. The molecule has 1 atom stereocenters. The SMILES string of the molecule is CCCC(Cl)CCCBr. The average Bonchev–Trinajstić information content (AvgIpc) is 1.85. The van der Waals surface area contributed by atoms with E-state index in [4.69, 9.17) is 11.6 Å². The van der Waals surface area contributed by atoms with E-state index in [-0.39, 0.29) is 0 Å². The van der Waals surface area contributed by atoms with Gasteiger partial charge in [0, 0.05) is 10.7 Å². The van der Waals surface area contributed by atoms with Gasteiger partial charge in [-0.15, -0.1) is 11.6 Å². The molecular formula is C7H14BrCl. The zero-order valence-corrected chi connectivity index (χ0v) is 8.21. The maximum absolute atomic E-state index is 5.94. The lowest BCUT2D eigenvalue weighted by molar-refractivity contribution is 0.669. The molecule has 2 heteroatoms. The zero-order valence-electron chi connectivity index (χ0n) is 5.87. The van der Waals surface area contributed by atoms with Gasteiger partial charge in [0.05, 0.1) is 0 Å². The largest absolute Gasteiger partial charge is 0.123 e. The van der Waals surface area contributed by atoms with Crippen LogP contribution in [-0.2, 0) is 0 Å². The van der Waals surface area contributed by atoms with Crippen molar-refractivity contribution in [3.8, 4) is 0 Å². The Bertz CT molecular complexity index is 56.9. The Kier molecular flexibility index (Phi) is 7.47. The normalized spacial score (nSPS) is 13.7. The molecule has 0 aromatic carbocycles. The van der Waals surface area contributed by atoms with Crippen molar-refractivity contribution < 1.29 is 0 Å². The van der Waals surface area contributed by atoms with Gasteiger partial charge >= 0.3 is 0 Å². The van der Waals surface area contributed by atoms with E-state index in [1.54, 1.807) is 0 Å². The standard InChI is InChI=1S/C7H14BrCl/c1-2-4-7(9)5-3-6-8/h7H,2-6H2,1H3. The maximum Gasteiger partial charge on any atom is 0.0336 e. The Balaban J connectivity index is 2.95. The fraction of sp³-hybridized carbons (Fsp3) is 1.00. The van der Waals surface area contributed by atoms with Crippen molar-refractivity contribution in [2.24, 2.45) is 0 Å². The van der Waals surface area contributed by atoms with Crippen molar-refractivity contribution >= 4 is 27.5 Å². The van der Waals surface area contributed by atoms with Crippen molar-refractivity contribution in [1.29, 1.82) is 0 Å². The number of rotatable bonds is 5. The molecule has 0 bridgehead atoms. The monoisotopic (exact) mass is 212 g/mol. The molecule has 0 N–H and O–H groups in total. The smallest absolute Gasteiger partial charge is 0.0336 e. The summed E-state index contributed by atoms with van der Waals surface area (Å²) in [6.45, 7) is 2.17. The number of hydrogen-bond donors (Lipinski definition) is 0. The molecule has 0 rings (SSSR count). The van der Waals surface area contributed by atoms with E-state index in [1.165, 1.54) is 12.8 Å². The highest BCUT2D eigenvalue weighted by atomic mass is 79.9. The molecule has 9 heavy (non-hydrogen) atoms. The van der Waals surface area contributed by atoms with Crippen molar-refractivity contribution in [3.63, 3.8) is 0 Å². The lowest BCUT2D eigenvalue weighted by Gasteiger charge is -2.04. The summed E-state index contributed by atoms with van der Waals surface area (Å²) in [5.74, 6) is 0. The first kappa shape index (κ1) is 9.77. The first-order valence-corrected chi connectivity index (χ1v) is 5.07. The third kappa shape index (κ3) is 6.66. The highest BCUT2D eigenvalue weighted by molar-refractivity contribution is 9.09. The summed E-state index contributed by atoms with van der Waals surface area (Å²) in [4.78, 5) is 0. The van der Waals surface area contributed by atoms with Gasteiger partial charge in [-0.05, 0) is 19.3 Å². The van der Waals surface area contributed by atoms with Gasteiger partial charge in [0.2, 0.25) is 0 Å². The van der Waals surface area contributed by atoms with Crippen LogP contribution in [0.5, 0.6) is 0 Å². The summed E-state index contributed by atoms with van der Waals surface area (Å²) >= 11 is 9.31. The molecule has 0 spiro atoms. The molecule has 0 fully saturated rings. The van der Waals surface area contributed by atoms with Crippen LogP contribution in [0.15, 0.2) is 0 Å². The molecule has 0 aromatic heterocycles. The van der Waals surface area contributed by atoms with Gasteiger partial charge in [0.1, 0.15) is 0 Å². The molecule has 0 aliphatic heterocycles. The molecule has 56 valence electrons. The van der Waals surface area contributed by atoms with Crippen molar-refractivity contribution in [2.75, 3.05) is 5.33 Å². The average molecular weight is 214 g/mol. The molecule has 0 saturated carbocycles. The van der Waals surface area contributed by atoms with Crippen LogP contribution in [0.2, 0.25) is 0 Å². The first-order chi connectivity index (χ1) is 4.31. The molecule has 0 heterocycles. The second kappa shape index (κ2) is 6.88. The predicted octanol–water partition coefficient (Wildman–Crippen LogP) is 3.57. The minimum Gasteiger partial charge on any atom is -0.123 e. The summed E-state index contributed by atoms with van der Waals surface area (Å²) in [7, 11) is 0. The molecular weight excluding hydrogens is 199 g/mol. The van der Waals surface area contributed by atoms with Crippen LogP contribution >= 0.6 is 27.5 Å². The van der Waals surface area contributed by atoms with E-state index in [9.17, 15) is 0 Å². The minimum atomic E-state index is 0.410. The fourth-order valence-corrected chi connectivity index (χ4v) is 1.45. The van der Waals surface area contributed by atoms with Crippen molar-refractivity contribution in [2.45, 2.75) is 38.0 Å². The topological polar surface area (TPSA) is 0 Å². The van der Waals surface area contributed by atoms with Gasteiger partial charge in [-0.25, -0.2) is 0 Å². The Hall–Kier alpha value is 0.770. The maximum atomic E-state index is 5.94. The second-order valence-electron chi connectivity index (χ2n) is 2.22. The van der Waals surface area contributed by atoms with E-state index in [1.807, 2.05) is 0 Å². The molecule has 0 aromatic rings. The van der Waals surface area contributed by atoms with Gasteiger partial charge in [0.15, 0.2) is 0 Å². The lowest BCUT2D eigenvalue weighted by Crippen LogP contribution is -1.96. The quantitative estimate of drug-likeness (QED) is 0.613. The van der Waals surface area contributed by atoms with Gasteiger partial charge in [-0.1, -0.05) is 29.3 Å². The van der Waals surface area contributed by atoms with Crippen LogP contribution in [0.4, 0.5) is 0 Å². The zero-order chi connectivity index (χ0) is 7.11. The number of alkyl halides is 2. The van der Waals surface area contributed by atoms with Gasteiger partial charge in [-0.3, -0.25) is 0 Å². The van der Waals surface area contributed by atoms with Crippen molar-refractivity contribution in [1.82, 2.24) is 0 Å². The molecule has 0 nitrogen and oxygen atoms in total. The van der Waals surface area contributed by atoms with Crippen LogP contribution in [0.25, 0.3) is 0 Å². The molecule has 0 amide bonds. The third-order valence-electron chi connectivity index (χ3n) is 1.25. The van der Waals surface area contributed by atoms with Crippen LogP contribution in [0.3, 0.4) is 0 Å². The van der Waals surface area contributed by atoms with Gasteiger partial charge in [-0.2, -0.15) is 0 Å². The van der Waals surface area contributed by atoms with E-state index < -0.39 is 0 Å². The summed E-state index contributed by atoms with van der Waals surface area (Å²) in [6.07, 6.45) is 4.72. The summed E-state index contributed by atoms with van der Waals surface area (Å²) < 4.78 is 0. The van der Waals surface area contributed by atoms with Crippen molar-refractivity contribution in [3.05, 3.63) is 0 Å². The van der Waals surface area contributed by atoms with Crippen LogP contribution in [0.1, 0.15) is 32.6 Å². The lowest BCUT2D eigenvalue weighted by atomic mass is 10.2. The highest BCUT2D eigenvalue weighted by Gasteiger charge is 2.00. The number of hydrogen-bond acceptors (Lipinski definition) is 0. The van der Waals surface area contributed by atoms with Gasteiger partial charge < -0.3 is 0 Å². The molecule has 0 saturated heterocycles. The van der Waals surface area contributed by atoms with E-state index in [0.29, 0.717) is 5.38 Å². The second-order valence-corrected chi connectivity index (χ2v) is 3.63. The summed E-state index contributed by atoms with van der Waals surface area (Å²) in [6, 6.07) is 0. The predicted molar refractivity (Wildman–Crippen MR) is 47.6 cm³/mol. The van der Waals surface area contributed by atoms with Crippen LogP contribution in [-0.4, -0.2) is 10.7 Å². The van der Waals surface area contributed by atoms with Crippen LogP contribution in [0, 0.1) is 0 Å². The van der Waals surface area contributed by atoms with E-state index in [0.717, 1.165) is 18.2 Å². The summed E-state index contributed by atoms with van der Waals surface area (Å²) in [5.41, 5.74) is 0. The Labute approximate surface area is 71.1 Å². The minimum absolute atomic E-state index is 0.410. The molecule has 0 radical (unpaired) electrons. The van der Waals surface area contributed by atoms with Crippen LogP contribution < -0.4 is 0 Å². The first-order valence-electron chi connectivity index (χ1n) is 3.51. The molecule has 1 unspecified atom stereocenters. The van der Waals surface area contributed by atoms with E-state index >= 15 is 0 Å².